The van der Waals surface area contributed by atoms with Gasteiger partial charge in [-0.1, -0.05) is 13.3 Å². The number of carbonyl (C=O) groups is 1. The number of aromatic nitrogens is 1. The van der Waals surface area contributed by atoms with Crippen LogP contribution in [0.25, 0.3) is 0 Å². The van der Waals surface area contributed by atoms with Crippen molar-refractivity contribution < 1.29 is 9.53 Å². The van der Waals surface area contributed by atoms with Crippen LogP contribution in [0.15, 0.2) is 4.99 Å². The molecular weight excluding hydrogens is 477 g/mol. The summed E-state index contributed by atoms with van der Waals surface area (Å²) in [6.07, 6.45) is 2.42. The molecule has 1 unspecified atom stereocenters. The average Bonchev–Trinajstić information content (AvgIpc) is 3.01. The first-order valence-corrected chi connectivity index (χ1v) is 10.0. The first-order valence-electron chi connectivity index (χ1n) is 9.23. The van der Waals surface area contributed by atoms with E-state index < -0.39 is 0 Å². The highest BCUT2D eigenvalue weighted by molar-refractivity contribution is 14.0. The van der Waals surface area contributed by atoms with Gasteiger partial charge in [-0.05, 0) is 40.8 Å². The summed E-state index contributed by atoms with van der Waals surface area (Å²) in [5.41, 5.74) is 0.706. The normalized spacial score (nSPS) is 12.5. The van der Waals surface area contributed by atoms with Gasteiger partial charge in [0.05, 0.1) is 18.3 Å². The van der Waals surface area contributed by atoms with Crippen LogP contribution in [0, 0.1) is 6.92 Å². The van der Waals surface area contributed by atoms with Crippen LogP contribution < -0.4 is 10.6 Å². The standard InChI is InChI=1S/C18H33N5O2S.HI/c1-7-9-11-23(6)12-10-20-18(19-5)22-14(4)16-21-13(3)15(26-16)17(24)25-8-2;/h14H,7-12H2,1-6H3,(H2,19,20,22);1H. The topological polar surface area (TPSA) is 78.9 Å². The molecule has 0 fully saturated rings. The van der Waals surface area contributed by atoms with Gasteiger partial charge in [0.1, 0.15) is 9.88 Å². The van der Waals surface area contributed by atoms with Crippen LogP contribution in [0.2, 0.25) is 0 Å². The van der Waals surface area contributed by atoms with Crippen LogP contribution in [0.4, 0.5) is 0 Å². The Kier molecular flexibility index (Phi) is 13.6. The first-order chi connectivity index (χ1) is 12.4. The van der Waals surface area contributed by atoms with E-state index in [4.69, 9.17) is 4.74 Å². The Morgan fingerprint density at radius 3 is 2.67 bits per heavy atom. The van der Waals surface area contributed by atoms with Crippen molar-refractivity contribution in [2.75, 3.05) is 40.3 Å². The molecule has 0 radical (unpaired) electrons. The third-order valence-corrected chi connectivity index (χ3v) is 5.22. The lowest BCUT2D eigenvalue weighted by atomic mass is 10.3. The van der Waals surface area contributed by atoms with E-state index >= 15 is 0 Å². The van der Waals surface area contributed by atoms with Crippen LogP contribution in [-0.2, 0) is 4.74 Å². The van der Waals surface area contributed by atoms with Crippen molar-refractivity contribution in [3.63, 3.8) is 0 Å². The number of nitrogens with one attached hydrogen (secondary N) is 2. The summed E-state index contributed by atoms with van der Waals surface area (Å²) < 4.78 is 5.08. The number of esters is 1. The number of aliphatic imine (C=N–C) groups is 1. The van der Waals surface area contributed by atoms with Gasteiger partial charge in [0.15, 0.2) is 5.96 Å². The smallest absolute Gasteiger partial charge is 0.350 e. The Hall–Kier alpha value is -0.940. The Morgan fingerprint density at radius 1 is 1.37 bits per heavy atom. The largest absolute Gasteiger partial charge is 0.462 e. The molecule has 0 amide bonds. The maximum absolute atomic E-state index is 11.9. The fraction of sp³-hybridized carbons (Fsp3) is 0.722. The van der Waals surface area contributed by atoms with Crippen molar-refractivity contribution in [3.05, 3.63) is 15.6 Å². The number of hydrogen-bond acceptors (Lipinski definition) is 6. The molecule has 27 heavy (non-hydrogen) atoms. The number of halogens is 1. The predicted molar refractivity (Wildman–Crippen MR) is 124 cm³/mol. The van der Waals surface area contributed by atoms with Gasteiger partial charge in [0.2, 0.25) is 0 Å². The van der Waals surface area contributed by atoms with Crippen LogP contribution in [-0.4, -0.2) is 62.1 Å². The van der Waals surface area contributed by atoms with E-state index in [2.05, 4.69) is 39.5 Å². The summed E-state index contributed by atoms with van der Waals surface area (Å²) in [5, 5.41) is 7.49. The molecule has 156 valence electrons. The maximum atomic E-state index is 11.9. The quantitative estimate of drug-likeness (QED) is 0.218. The molecule has 1 aromatic heterocycles. The second kappa shape index (κ2) is 14.1. The maximum Gasteiger partial charge on any atom is 0.350 e. The summed E-state index contributed by atoms with van der Waals surface area (Å²) in [6.45, 7) is 11.1. The molecule has 0 aromatic carbocycles. The van der Waals surface area contributed by atoms with E-state index in [0.29, 0.717) is 17.2 Å². The van der Waals surface area contributed by atoms with E-state index in [9.17, 15) is 4.79 Å². The van der Waals surface area contributed by atoms with Gasteiger partial charge in [-0.15, -0.1) is 35.3 Å². The lowest BCUT2D eigenvalue weighted by molar-refractivity contribution is 0.0531. The van der Waals surface area contributed by atoms with E-state index in [1.165, 1.54) is 24.2 Å². The van der Waals surface area contributed by atoms with Gasteiger partial charge in [-0.2, -0.15) is 0 Å². The molecule has 0 aliphatic heterocycles. The highest BCUT2D eigenvalue weighted by atomic mass is 127. The van der Waals surface area contributed by atoms with Crippen LogP contribution >= 0.6 is 35.3 Å². The molecule has 0 bridgehead atoms. The number of aryl methyl sites for hydroxylation is 1. The molecular formula is C18H34IN5O2S. The average molecular weight is 511 g/mol. The molecule has 0 saturated carbocycles. The number of rotatable bonds is 10. The number of nitrogens with zero attached hydrogens (tertiary/aromatic N) is 3. The lowest BCUT2D eigenvalue weighted by Crippen LogP contribution is -2.42. The predicted octanol–water partition coefficient (Wildman–Crippen LogP) is 3.20. The van der Waals surface area contributed by atoms with Crippen LogP contribution in [0.5, 0.6) is 0 Å². The fourth-order valence-corrected chi connectivity index (χ4v) is 3.32. The molecule has 1 aromatic rings. The highest BCUT2D eigenvalue weighted by Crippen LogP contribution is 2.24. The number of ether oxygens (including phenoxy) is 1. The minimum absolute atomic E-state index is 0. The minimum atomic E-state index is -0.307. The van der Waals surface area contributed by atoms with Crippen molar-refractivity contribution in [2.24, 2.45) is 4.99 Å². The lowest BCUT2D eigenvalue weighted by Gasteiger charge is -2.19. The Labute approximate surface area is 184 Å². The summed E-state index contributed by atoms with van der Waals surface area (Å²) >= 11 is 1.37. The molecule has 0 aliphatic rings. The van der Waals surface area contributed by atoms with Gasteiger partial charge in [0, 0.05) is 20.1 Å². The Bertz CT molecular complexity index is 594. The molecule has 1 heterocycles. The monoisotopic (exact) mass is 511 g/mol. The molecule has 0 spiro atoms. The molecule has 1 rings (SSSR count). The first kappa shape index (κ1) is 26.1. The fourth-order valence-electron chi connectivity index (χ4n) is 2.35. The zero-order chi connectivity index (χ0) is 19.5. The number of likely N-dealkylation sites (N-methyl/N-ethyl adjacent to an activating group) is 1. The zero-order valence-electron chi connectivity index (χ0n) is 17.3. The molecule has 0 saturated heterocycles. The second-order valence-corrected chi connectivity index (χ2v) is 7.24. The Morgan fingerprint density at radius 2 is 2.07 bits per heavy atom. The molecule has 2 N–H and O–H groups in total. The minimum Gasteiger partial charge on any atom is -0.462 e. The number of carbonyl (C=O) groups excluding carboxylic acids is 1. The third kappa shape index (κ3) is 9.20. The highest BCUT2D eigenvalue weighted by Gasteiger charge is 2.20. The summed E-state index contributed by atoms with van der Waals surface area (Å²) in [6, 6.07) is -0.0501. The van der Waals surface area contributed by atoms with E-state index in [1.807, 2.05) is 13.8 Å². The van der Waals surface area contributed by atoms with Gasteiger partial charge in [-0.25, -0.2) is 9.78 Å². The molecule has 7 nitrogen and oxygen atoms in total. The summed E-state index contributed by atoms with van der Waals surface area (Å²) in [7, 11) is 3.88. The van der Waals surface area contributed by atoms with Crippen molar-refractivity contribution >= 4 is 47.2 Å². The number of hydrogen-bond donors (Lipinski definition) is 2. The third-order valence-electron chi connectivity index (χ3n) is 3.90. The van der Waals surface area contributed by atoms with Gasteiger partial charge < -0.3 is 20.3 Å². The zero-order valence-corrected chi connectivity index (χ0v) is 20.4. The molecule has 1 atom stereocenters. The number of thiazole rings is 1. The Balaban J connectivity index is 0.00000676. The van der Waals surface area contributed by atoms with Crippen molar-refractivity contribution in [1.29, 1.82) is 0 Å². The van der Waals surface area contributed by atoms with Crippen molar-refractivity contribution in [1.82, 2.24) is 20.5 Å². The number of unbranched alkanes of at least 4 members (excludes halogenated alkanes) is 1. The van der Waals surface area contributed by atoms with Gasteiger partial charge in [-0.3, -0.25) is 4.99 Å². The summed E-state index contributed by atoms with van der Waals surface area (Å²) in [4.78, 5) is 23.6. The van der Waals surface area contributed by atoms with E-state index in [0.717, 1.165) is 30.6 Å². The van der Waals surface area contributed by atoms with Crippen LogP contribution in [0.1, 0.15) is 60.0 Å². The van der Waals surface area contributed by atoms with E-state index in [1.54, 1.807) is 14.0 Å². The van der Waals surface area contributed by atoms with Crippen LogP contribution in [0.3, 0.4) is 0 Å². The van der Waals surface area contributed by atoms with Crippen molar-refractivity contribution in [3.8, 4) is 0 Å². The van der Waals surface area contributed by atoms with Gasteiger partial charge >= 0.3 is 5.97 Å². The number of guanidine groups is 1. The molecule has 9 heteroatoms. The SMILES string of the molecule is CCCCN(C)CCNC(=NC)NC(C)c1nc(C)c(C(=O)OCC)s1.I. The van der Waals surface area contributed by atoms with Gasteiger partial charge in [0.25, 0.3) is 0 Å². The van der Waals surface area contributed by atoms with E-state index in [-0.39, 0.29) is 36.0 Å². The summed E-state index contributed by atoms with van der Waals surface area (Å²) in [5.74, 6) is 0.422. The molecule has 0 aliphatic carbocycles. The second-order valence-electron chi connectivity index (χ2n) is 6.21. The van der Waals surface area contributed by atoms with Crippen molar-refractivity contribution in [2.45, 2.75) is 46.6 Å².